The number of benzene rings is 1. The van der Waals surface area contributed by atoms with Gasteiger partial charge in [0.25, 0.3) is 0 Å². The van der Waals surface area contributed by atoms with Crippen LogP contribution in [-0.2, 0) is 52.4 Å². The fraction of sp³-hybridized carbons (Fsp3) is 0.594. The molecule has 0 amide bonds. The fourth-order valence-corrected chi connectivity index (χ4v) is 7.66. The molecule has 45 heavy (non-hydrogen) atoms. The summed E-state index contributed by atoms with van der Waals surface area (Å²) in [6.07, 6.45) is -5.76. The summed E-state index contributed by atoms with van der Waals surface area (Å²) in [6, 6.07) is 8.81. The highest BCUT2D eigenvalue weighted by Crippen LogP contribution is 2.68. The number of hydrogen-bond acceptors (Lipinski definition) is 13. The van der Waals surface area contributed by atoms with E-state index in [1.807, 2.05) is 0 Å². The molecule has 1 spiro atoms. The molecule has 246 valence electrons. The molecule has 1 saturated heterocycles. The third-order valence-corrected chi connectivity index (χ3v) is 8.96. The van der Waals surface area contributed by atoms with Gasteiger partial charge in [0, 0.05) is 40.2 Å². The number of carbonyl (C=O) groups is 5. The van der Waals surface area contributed by atoms with Gasteiger partial charge in [-0.25, -0.2) is 4.79 Å². The predicted octanol–water partition coefficient (Wildman–Crippen LogP) is 1.65. The molecule has 4 rings (SSSR count). The molecule has 3 aliphatic rings. The van der Waals surface area contributed by atoms with Crippen LogP contribution in [-0.4, -0.2) is 94.0 Å². The van der Waals surface area contributed by atoms with E-state index < -0.39 is 102 Å². The minimum absolute atomic E-state index is 0.417. The molecule has 0 aromatic heterocycles. The summed E-state index contributed by atoms with van der Waals surface area (Å²) in [7, 11) is 0. The smallest absolute Gasteiger partial charge is 0.331 e. The van der Waals surface area contributed by atoms with Crippen molar-refractivity contribution in [1.29, 1.82) is 0 Å². The van der Waals surface area contributed by atoms with Crippen molar-refractivity contribution in [2.24, 2.45) is 11.3 Å². The van der Waals surface area contributed by atoms with Gasteiger partial charge in [0.05, 0.1) is 23.2 Å². The van der Waals surface area contributed by atoms with Gasteiger partial charge in [-0.3, -0.25) is 19.2 Å². The summed E-state index contributed by atoms with van der Waals surface area (Å²) in [6.45, 7) is 8.15. The van der Waals surface area contributed by atoms with Crippen molar-refractivity contribution in [2.75, 3.05) is 6.61 Å². The largest absolute Gasteiger partial charge is 0.465 e. The van der Waals surface area contributed by atoms with Crippen molar-refractivity contribution in [3.05, 3.63) is 42.0 Å². The lowest BCUT2D eigenvalue weighted by molar-refractivity contribution is -0.363. The summed E-state index contributed by atoms with van der Waals surface area (Å²) >= 11 is 0. The van der Waals surface area contributed by atoms with E-state index in [-0.39, 0.29) is 0 Å². The van der Waals surface area contributed by atoms with Crippen LogP contribution in [0, 0.1) is 11.3 Å². The van der Waals surface area contributed by atoms with Crippen molar-refractivity contribution in [3.63, 3.8) is 0 Å². The van der Waals surface area contributed by atoms with E-state index in [9.17, 15) is 34.2 Å². The molecular weight excluding hydrogens is 592 g/mol. The van der Waals surface area contributed by atoms with Gasteiger partial charge in [-0.15, -0.1) is 0 Å². The second-order valence-electron chi connectivity index (χ2n) is 12.6. The van der Waals surface area contributed by atoms with Gasteiger partial charge in [0.15, 0.2) is 12.2 Å². The second-order valence-corrected chi connectivity index (χ2v) is 12.6. The van der Waals surface area contributed by atoms with E-state index in [1.54, 1.807) is 44.2 Å². The Kier molecular flexibility index (Phi) is 9.22. The molecule has 2 N–H and O–H groups in total. The summed E-state index contributed by atoms with van der Waals surface area (Å²) in [5, 5.41) is 24.5. The molecule has 0 unspecified atom stereocenters. The van der Waals surface area contributed by atoms with Crippen molar-refractivity contribution in [3.8, 4) is 0 Å². The number of aliphatic hydroxyl groups excluding tert-OH is 1. The second kappa shape index (κ2) is 12.2. The average molecular weight is 633 g/mol. The molecule has 2 aliphatic carbocycles. The summed E-state index contributed by atoms with van der Waals surface area (Å²) < 4.78 is 35.4. The van der Waals surface area contributed by atoms with Crippen molar-refractivity contribution in [2.45, 2.75) is 102 Å². The van der Waals surface area contributed by atoms with Gasteiger partial charge in [-0.1, -0.05) is 30.3 Å². The van der Waals surface area contributed by atoms with Gasteiger partial charge in [0.2, 0.25) is 0 Å². The molecule has 9 atom stereocenters. The lowest BCUT2D eigenvalue weighted by Gasteiger charge is -2.66. The number of rotatable bonds is 8. The lowest BCUT2D eigenvalue weighted by atomic mass is 9.45. The van der Waals surface area contributed by atoms with Crippen LogP contribution in [0.15, 0.2) is 36.4 Å². The Balaban J connectivity index is 2.04. The Bertz CT molecular complexity index is 1370. The zero-order valence-electron chi connectivity index (χ0n) is 26.3. The molecule has 1 heterocycles. The molecule has 2 saturated carbocycles. The molecule has 13 heteroatoms. The quantitative estimate of drug-likeness (QED) is 0.240. The standard InChI is InChI=1S/C32H40O13/c1-17(33)40-16-31-27(44-23(37)14-13-21-11-9-8-10-12-21)22(41-18(2)34)15-30(7,39)32(31)26(38)24(29(5,6)45-32)25(42-19(3)35)28(31)43-20(4)36/h8-14,22,24-28,38-39H,15-16H2,1-7H3/b14-13+/t22-,24+,25-,26+,27-,28+,30-,31-,32-/m0/s1. The SMILES string of the molecule is CC(=O)OC[C@]12[C@H](OC(C)=O)[C@@H](OC(C)=O)[C@@H]3[C@@H](O)[C@]1(OC3(C)C)[C@@](C)(O)C[C@H](OC(C)=O)[C@@H]2OC(=O)/C=C/c1ccccc1. The van der Waals surface area contributed by atoms with Crippen LogP contribution < -0.4 is 0 Å². The van der Waals surface area contributed by atoms with Gasteiger partial charge < -0.3 is 38.6 Å². The van der Waals surface area contributed by atoms with Crippen LogP contribution in [0.2, 0.25) is 0 Å². The fourth-order valence-electron chi connectivity index (χ4n) is 7.66. The normalized spacial score (nSPS) is 36.4. The molecule has 1 aliphatic heterocycles. The van der Waals surface area contributed by atoms with Crippen molar-refractivity contribution in [1.82, 2.24) is 0 Å². The summed E-state index contributed by atoms with van der Waals surface area (Å²) in [5.41, 5.74) is -7.23. The monoisotopic (exact) mass is 632 g/mol. The number of ether oxygens (including phenoxy) is 6. The minimum atomic E-state index is -2.22. The Morgan fingerprint density at radius 2 is 1.47 bits per heavy atom. The van der Waals surface area contributed by atoms with E-state index in [0.717, 1.165) is 33.8 Å². The number of esters is 5. The summed E-state index contributed by atoms with van der Waals surface area (Å²) in [4.78, 5) is 63.5. The van der Waals surface area contributed by atoms with Crippen LogP contribution in [0.4, 0.5) is 0 Å². The predicted molar refractivity (Wildman–Crippen MR) is 154 cm³/mol. The van der Waals surface area contributed by atoms with Crippen LogP contribution in [0.5, 0.6) is 0 Å². The first-order valence-corrected chi connectivity index (χ1v) is 14.6. The first-order valence-electron chi connectivity index (χ1n) is 14.6. The van der Waals surface area contributed by atoms with Crippen molar-refractivity contribution >= 4 is 35.9 Å². The number of fused-ring (bicyclic) bond motifs is 1. The van der Waals surface area contributed by atoms with Crippen LogP contribution in [0.25, 0.3) is 6.08 Å². The van der Waals surface area contributed by atoms with Crippen LogP contribution in [0.3, 0.4) is 0 Å². The zero-order chi connectivity index (χ0) is 33.5. The molecule has 1 aromatic carbocycles. The van der Waals surface area contributed by atoms with E-state index in [0.29, 0.717) is 5.56 Å². The molecule has 1 aromatic rings. The maximum absolute atomic E-state index is 13.5. The van der Waals surface area contributed by atoms with Gasteiger partial charge >= 0.3 is 29.8 Å². The summed E-state index contributed by atoms with van der Waals surface area (Å²) in [5.74, 6) is -5.34. The average Bonchev–Trinajstić information content (AvgIpc) is 3.10. The van der Waals surface area contributed by atoms with Crippen LogP contribution >= 0.6 is 0 Å². The molecule has 13 nitrogen and oxygen atoms in total. The van der Waals surface area contributed by atoms with Gasteiger partial charge in [0.1, 0.15) is 29.8 Å². The zero-order valence-corrected chi connectivity index (χ0v) is 26.3. The highest BCUT2D eigenvalue weighted by atomic mass is 16.6. The Morgan fingerprint density at radius 1 is 0.867 bits per heavy atom. The molecular formula is C32H40O13. The maximum atomic E-state index is 13.5. The first-order chi connectivity index (χ1) is 20.9. The molecule has 0 radical (unpaired) electrons. The Labute approximate surface area is 260 Å². The third-order valence-electron chi connectivity index (χ3n) is 8.96. The minimum Gasteiger partial charge on any atom is -0.465 e. The lowest BCUT2D eigenvalue weighted by Crippen LogP contribution is -2.85. The van der Waals surface area contributed by atoms with Crippen molar-refractivity contribution < 1.29 is 62.6 Å². The first kappa shape index (κ1) is 34.1. The van der Waals surface area contributed by atoms with Gasteiger partial charge in [-0.2, -0.15) is 0 Å². The Hall–Kier alpha value is -3.81. The Morgan fingerprint density at radius 3 is 2.02 bits per heavy atom. The topological polar surface area (TPSA) is 181 Å². The number of carbonyl (C=O) groups excluding carboxylic acids is 5. The van der Waals surface area contributed by atoms with E-state index in [2.05, 4.69) is 0 Å². The number of hydrogen-bond donors (Lipinski definition) is 2. The molecule has 3 fully saturated rings. The van der Waals surface area contributed by atoms with E-state index in [1.165, 1.54) is 13.0 Å². The van der Waals surface area contributed by atoms with E-state index in [4.69, 9.17) is 28.4 Å². The highest BCUT2D eigenvalue weighted by Gasteiger charge is 2.87. The van der Waals surface area contributed by atoms with Crippen LogP contribution in [0.1, 0.15) is 60.5 Å². The van der Waals surface area contributed by atoms with E-state index >= 15 is 0 Å². The third kappa shape index (κ3) is 5.84. The molecule has 2 bridgehead atoms. The number of aliphatic hydroxyl groups is 2. The van der Waals surface area contributed by atoms with Gasteiger partial charge in [-0.05, 0) is 32.4 Å². The maximum Gasteiger partial charge on any atom is 0.331 e. The highest BCUT2D eigenvalue weighted by molar-refractivity contribution is 5.87.